The molecule has 0 aromatic carbocycles. The largest absolute Gasteiger partial charge is 0.394 e. The van der Waals surface area contributed by atoms with Gasteiger partial charge in [0.25, 0.3) is 0 Å². The van der Waals surface area contributed by atoms with Gasteiger partial charge in [-0.15, -0.1) is 0 Å². The van der Waals surface area contributed by atoms with Gasteiger partial charge in [-0.05, 0) is 31.2 Å². The predicted octanol–water partition coefficient (Wildman–Crippen LogP) is 0.833. The Morgan fingerprint density at radius 2 is 2.22 bits per heavy atom. The molecule has 0 aromatic rings. The predicted molar refractivity (Wildman–Crippen MR) is 72.4 cm³/mol. The fourth-order valence-electron chi connectivity index (χ4n) is 3.54. The fourth-order valence-corrected chi connectivity index (χ4v) is 3.54. The van der Waals surface area contributed by atoms with Gasteiger partial charge in [-0.2, -0.15) is 0 Å². The lowest BCUT2D eigenvalue weighted by atomic mass is 9.76. The van der Waals surface area contributed by atoms with Crippen molar-refractivity contribution in [2.45, 2.75) is 44.8 Å². The Morgan fingerprint density at radius 3 is 2.89 bits per heavy atom. The highest BCUT2D eigenvalue weighted by atomic mass is 16.5. The van der Waals surface area contributed by atoms with E-state index in [0.717, 1.165) is 32.2 Å². The minimum atomic E-state index is -0.000762. The Morgan fingerprint density at radius 1 is 1.39 bits per heavy atom. The molecule has 18 heavy (non-hydrogen) atoms. The van der Waals surface area contributed by atoms with Crippen LogP contribution in [0.1, 0.15) is 32.6 Å². The lowest BCUT2D eigenvalue weighted by Gasteiger charge is -2.45. The molecule has 0 spiro atoms. The van der Waals surface area contributed by atoms with Crippen molar-refractivity contribution < 1.29 is 9.84 Å². The standard InChI is InChI=1S/C14H28N2O2/c1-2-11-3-4-12(8-15)14(7-11)16-5-6-18-13(9-16)10-17/h11-14,17H,2-10,15H2,1H3. The van der Waals surface area contributed by atoms with E-state index >= 15 is 0 Å². The van der Waals surface area contributed by atoms with Crippen molar-refractivity contribution in [3.05, 3.63) is 0 Å². The number of aliphatic hydroxyl groups excluding tert-OH is 1. The summed E-state index contributed by atoms with van der Waals surface area (Å²) in [6.07, 6.45) is 5.15. The summed E-state index contributed by atoms with van der Waals surface area (Å²) in [7, 11) is 0. The number of hydrogen-bond donors (Lipinski definition) is 2. The lowest BCUT2D eigenvalue weighted by molar-refractivity contribution is -0.0789. The van der Waals surface area contributed by atoms with Crippen molar-refractivity contribution in [2.75, 3.05) is 32.8 Å². The van der Waals surface area contributed by atoms with Gasteiger partial charge >= 0.3 is 0 Å². The van der Waals surface area contributed by atoms with Crippen LogP contribution in [0.5, 0.6) is 0 Å². The molecule has 3 N–H and O–H groups in total. The summed E-state index contributed by atoms with van der Waals surface area (Å²) < 4.78 is 5.55. The second-order valence-electron chi connectivity index (χ2n) is 5.82. The normalized spacial score (nSPS) is 38.8. The molecule has 4 unspecified atom stereocenters. The Hall–Kier alpha value is -0.160. The van der Waals surface area contributed by atoms with Crippen molar-refractivity contribution in [1.29, 1.82) is 0 Å². The summed E-state index contributed by atoms with van der Waals surface area (Å²) in [5.74, 6) is 1.48. The first-order valence-corrected chi connectivity index (χ1v) is 7.45. The molecule has 0 radical (unpaired) electrons. The van der Waals surface area contributed by atoms with Crippen LogP contribution in [0, 0.1) is 11.8 Å². The fraction of sp³-hybridized carbons (Fsp3) is 1.00. The highest BCUT2D eigenvalue weighted by Gasteiger charge is 2.35. The molecule has 106 valence electrons. The summed E-state index contributed by atoms with van der Waals surface area (Å²) in [4.78, 5) is 2.52. The molecule has 0 aromatic heterocycles. The quantitative estimate of drug-likeness (QED) is 0.782. The first-order chi connectivity index (χ1) is 8.78. The highest BCUT2D eigenvalue weighted by Crippen LogP contribution is 2.34. The van der Waals surface area contributed by atoms with Gasteiger partial charge < -0.3 is 15.6 Å². The zero-order valence-electron chi connectivity index (χ0n) is 11.6. The van der Waals surface area contributed by atoms with Gasteiger partial charge in [-0.1, -0.05) is 19.8 Å². The number of ether oxygens (including phenoxy) is 1. The van der Waals surface area contributed by atoms with E-state index in [2.05, 4.69) is 11.8 Å². The van der Waals surface area contributed by atoms with Crippen LogP contribution in [0.15, 0.2) is 0 Å². The number of nitrogens with two attached hydrogens (primary N) is 1. The van der Waals surface area contributed by atoms with Gasteiger partial charge in [0.2, 0.25) is 0 Å². The van der Waals surface area contributed by atoms with E-state index in [4.69, 9.17) is 10.5 Å². The molecule has 2 aliphatic rings. The van der Waals surface area contributed by atoms with Crippen LogP contribution >= 0.6 is 0 Å². The summed E-state index contributed by atoms with van der Waals surface area (Å²) in [5.41, 5.74) is 5.95. The number of aliphatic hydroxyl groups is 1. The van der Waals surface area contributed by atoms with Gasteiger partial charge in [-0.3, -0.25) is 4.90 Å². The average molecular weight is 256 g/mol. The minimum absolute atomic E-state index is 0.000762. The van der Waals surface area contributed by atoms with Gasteiger partial charge in [0.1, 0.15) is 0 Å². The summed E-state index contributed by atoms with van der Waals surface area (Å²) in [6.45, 7) is 5.83. The molecular formula is C14H28N2O2. The van der Waals surface area contributed by atoms with E-state index < -0.39 is 0 Å². The van der Waals surface area contributed by atoms with E-state index in [1.165, 1.54) is 25.7 Å². The van der Waals surface area contributed by atoms with Crippen LogP contribution in [0.25, 0.3) is 0 Å². The molecular weight excluding hydrogens is 228 g/mol. The molecule has 2 rings (SSSR count). The van der Waals surface area contributed by atoms with Crippen molar-refractivity contribution >= 4 is 0 Å². The molecule has 1 aliphatic heterocycles. The minimum Gasteiger partial charge on any atom is -0.394 e. The summed E-state index contributed by atoms with van der Waals surface area (Å²) in [5, 5.41) is 9.25. The van der Waals surface area contributed by atoms with Crippen molar-refractivity contribution in [3.8, 4) is 0 Å². The molecule has 0 amide bonds. The lowest BCUT2D eigenvalue weighted by Crippen LogP contribution is -2.54. The maximum absolute atomic E-state index is 9.25. The smallest absolute Gasteiger partial charge is 0.0932 e. The van der Waals surface area contributed by atoms with Crippen LogP contribution in [0.4, 0.5) is 0 Å². The number of rotatable bonds is 4. The molecule has 4 atom stereocenters. The first kappa shape index (κ1) is 14.3. The van der Waals surface area contributed by atoms with E-state index in [0.29, 0.717) is 12.0 Å². The van der Waals surface area contributed by atoms with Crippen molar-refractivity contribution in [1.82, 2.24) is 4.90 Å². The van der Waals surface area contributed by atoms with Crippen molar-refractivity contribution in [2.24, 2.45) is 17.6 Å². The molecule has 4 heteroatoms. The summed E-state index contributed by atoms with van der Waals surface area (Å²) in [6, 6.07) is 0.603. The second-order valence-corrected chi connectivity index (χ2v) is 5.82. The number of morpholine rings is 1. The SMILES string of the molecule is CCC1CCC(CN)C(N2CCOC(CO)C2)C1. The molecule has 1 saturated carbocycles. The highest BCUT2D eigenvalue weighted by molar-refractivity contribution is 4.89. The number of nitrogens with zero attached hydrogens (tertiary/aromatic N) is 1. The molecule has 0 bridgehead atoms. The third-order valence-corrected chi connectivity index (χ3v) is 4.79. The second kappa shape index (κ2) is 6.85. The van der Waals surface area contributed by atoms with Crippen LogP contribution in [0.2, 0.25) is 0 Å². The van der Waals surface area contributed by atoms with Gasteiger partial charge in [-0.25, -0.2) is 0 Å². The van der Waals surface area contributed by atoms with Crippen LogP contribution in [-0.2, 0) is 4.74 Å². The zero-order chi connectivity index (χ0) is 13.0. The maximum Gasteiger partial charge on any atom is 0.0932 e. The Bertz CT molecular complexity index is 250. The Balaban J connectivity index is 1.98. The zero-order valence-corrected chi connectivity index (χ0v) is 11.6. The van der Waals surface area contributed by atoms with Crippen LogP contribution in [-0.4, -0.2) is 55.0 Å². The third-order valence-electron chi connectivity index (χ3n) is 4.79. The van der Waals surface area contributed by atoms with Crippen LogP contribution < -0.4 is 5.73 Å². The van der Waals surface area contributed by atoms with Gasteiger partial charge in [0, 0.05) is 19.1 Å². The maximum atomic E-state index is 9.25. The Labute approximate surface area is 110 Å². The molecule has 2 fully saturated rings. The van der Waals surface area contributed by atoms with Crippen molar-refractivity contribution in [3.63, 3.8) is 0 Å². The van der Waals surface area contributed by atoms with E-state index in [-0.39, 0.29) is 12.7 Å². The molecule has 1 heterocycles. The monoisotopic (exact) mass is 256 g/mol. The van der Waals surface area contributed by atoms with Crippen LogP contribution in [0.3, 0.4) is 0 Å². The molecule has 1 saturated heterocycles. The van der Waals surface area contributed by atoms with E-state index in [1.807, 2.05) is 0 Å². The van der Waals surface area contributed by atoms with E-state index in [9.17, 15) is 5.11 Å². The summed E-state index contributed by atoms with van der Waals surface area (Å²) >= 11 is 0. The number of hydrogen-bond acceptors (Lipinski definition) is 4. The van der Waals surface area contributed by atoms with Gasteiger partial charge in [0.15, 0.2) is 0 Å². The topological polar surface area (TPSA) is 58.7 Å². The molecule has 4 nitrogen and oxygen atoms in total. The average Bonchev–Trinajstić information content (AvgIpc) is 2.46. The first-order valence-electron chi connectivity index (χ1n) is 7.45. The van der Waals surface area contributed by atoms with Gasteiger partial charge in [0.05, 0.1) is 19.3 Å². The Kier molecular flexibility index (Phi) is 5.42. The third kappa shape index (κ3) is 3.23. The van der Waals surface area contributed by atoms with E-state index in [1.54, 1.807) is 0 Å². The molecule has 1 aliphatic carbocycles.